The van der Waals surface area contributed by atoms with E-state index in [1.165, 1.54) is 19.3 Å². The Kier molecular flexibility index (Phi) is 5.21. The van der Waals surface area contributed by atoms with Crippen molar-refractivity contribution in [2.45, 2.75) is 50.9 Å². The number of urea groups is 1. The second-order valence-corrected chi connectivity index (χ2v) is 6.56. The Bertz CT molecular complexity index is 375. The molecule has 0 radical (unpaired) electrons. The number of likely N-dealkylation sites (tertiary alicyclic amines) is 2. The maximum atomic E-state index is 12.4. The SMILES string of the molecule is CCN1CCCC[C@@H]1CNC(=O)N1CCC2(CC1)OCCO2. The van der Waals surface area contributed by atoms with Crippen LogP contribution in [0.25, 0.3) is 0 Å². The molecule has 0 saturated carbocycles. The van der Waals surface area contributed by atoms with Gasteiger partial charge in [0.2, 0.25) is 0 Å². The highest BCUT2D eigenvalue weighted by Gasteiger charge is 2.40. The first-order chi connectivity index (χ1) is 10.7. The van der Waals surface area contributed by atoms with Crippen molar-refractivity contribution in [1.29, 1.82) is 0 Å². The third-order valence-corrected chi connectivity index (χ3v) is 5.27. The predicted octanol–water partition coefficient (Wildman–Crippen LogP) is 1.41. The zero-order valence-electron chi connectivity index (χ0n) is 13.7. The number of hydrogen-bond donors (Lipinski definition) is 1. The van der Waals surface area contributed by atoms with Gasteiger partial charge in [-0.2, -0.15) is 0 Å². The van der Waals surface area contributed by atoms with E-state index in [1.54, 1.807) is 0 Å². The molecular formula is C16H29N3O3. The van der Waals surface area contributed by atoms with Gasteiger partial charge in [-0.15, -0.1) is 0 Å². The molecule has 126 valence electrons. The molecule has 1 atom stereocenters. The number of rotatable bonds is 3. The third kappa shape index (κ3) is 3.55. The lowest BCUT2D eigenvalue weighted by Crippen LogP contribution is -2.53. The summed E-state index contributed by atoms with van der Waals surface area (Å²) in [5.41, 5.74) is 0. The fourth-order valence-corrected chi connectivity index (χ4v) is 3.86. The molecule has 3 heterocycles. The van der Waals surface area contributed by atoms with Crippen molar-refractivity contribution in [3.8, 4) is 0 Å². The van der Waals surface area contributed by atoms with Gasteiger partial charge < -0.3 is 19.7 Å². The largest absolute Gasteiger partial charge is 0.347 e. The van der Waals surface area contributed by atoms with E-state index in [2.05, 4.69) is 17.1 Å². The number of ether oxygens (including phenoxy) is 2. The van der Waals surface area contributed by atoms with Crippen LogP contribution in [-0.4, -0.2) is 73.6 Å². The fourth-order valence-electron chi connectivity index (χ4n) is 3.86. The van der Waals surface area contributed by atoms with Crippen molar-refractivity contribution in [1.82, 2.24) is 15.1 Å². The smallest absolute Gasteiger partial charge is 0.317 e. The number of likely N-dealkylation sites (N-methyl/N-ethyl adjacent to an activating group) is 1. The molecule has 3 aliphatic rings. The molecule has 3 aliphatic heterocycles. The molecular weight excluding hydrogens is 282 g/mol. The Morgan fingerprint density at radius 3 is 2.59 bits per heavy atom. The Morgan fingerprint density at radius 2 is 1.91 bits per heavy atom. The first-order valence-corrected chi connectivity index (χ1v) is 8.77. The summed E-state index contributed by atoms with van der Waals surface area (Å²) in [6, 6.07) is 0.565. The molecule has 3 rings (SSSR count). The summed E-state index contributed by atoms with van der Waals surface area (Å²) < 4.78 is 11.4. The zero-order chi connectivity index (χ0) is 15.4. The number of carbonyl (C=O) groups is 1. The molecule has 1 spiro atoms. The zero-order valence-corrected chi connectivity index (χ0v) is 13.7. The minimum atomic E-state index is -0.404. The van der Waals surface area contributed by atoms with Crippen molar-refractivity contribution < 1.29 is 14.3 Å². The van der Waals surface area contributed by atoms with E-state index in [1.807, 2.05) is 4.90 Å². The van der Waals surface area contributed by atoms with Crippen molar-refractivity contribution >= 4 is 6.03 Å². The Labute approximate surface area is 133 Å². The molecule has 3 fully saturated rings. The van der Waals surface area contributed by atoms with Crippen LogP contribution in [0, 0.1) is 0 Å². The van der Waals surface area contributed by atoms with E-state index < -0.39 is 5.79 Å². The van der Waals surface area contributed by atoms with Crippen molar-refractivity contribution in [2.24, 2.45) is 0 Å². The lowest BCUT2D eigenvalue weighted by Gasteiger charge is -2.38. The average molecular weight is 311 g/mol. The molecule has 2 amide bonds. The lowest BCUT2D eigenvalue weighted by molar-refractivity contribution is -0.181. The van der Waals surface area contributed by atoms with Gasteiger partial charge in [-0.3, -0.25) is 4.90 Å². The maximum absolute atomic E-state index is 12.4. The normalized spacial score (nSPS) is 29.0. The molecule has 0 aromatic heterocycles. The topological polar surface area (TPSA) is 54.0 Å². The van der Waals surface area contributed by atoms with Gasteiger partial charge in [0.15, 0.2) is 5.79 Å². The quantitative estimate of drug-likeness (QED) is 0.856. The third-order valence-electron chi connectivity index (χ3n) is 5.27. The van der Waals surface area contributed by atoms with Crippen LogP contribution in [0.3, 0.4) is 0 Å². The highest BCUT2D eigenvalue weighted by Crippen LogP contribution is 2.31. The minimum absolute atomic E-state index is 0.0643. The van der Waals surface area contributed by atoms with Gasteiger partial charge in [0.25, 0.3) is 0 Å². The first-order valence-electron chi connectivity index (χ1n) is 8.77. The van der Waals surface area contributed by atoms with E-state index in [0.29, 0.717) is 32.3 Å². The molecule has 6 heteroatoms. The molecule has 0 aromatic carbocycles. The van der Waals surface area contributed by atoms with Crippen molar-refractivity contribution in [3.05, 3.63) is 0 Å². The maximum Gasteiger partial charge on any atom is 0.317 e. The number of amides is 2. The van der Waals surface area contributed by atoms with Crippen LogP contribution < -0.4 is 5.32 Å². The predicted molar refractivity (Wildman–Crippen MR) is 83.7 cm³/mol. The molecule has 0 bridgehead atoms. The van der Waals surface area contributed by atoms with Gasteiger partial charge in [0.05, 0.1) is 13.2 Å². The van der Waals surface area contributed by atoms with Gasteiger partial charge in [-0.1, -0.05) is 13.3 Å². The second-order valence-electron chi connectivity index (χ2n) is 6.56. The molecule has 3 saturated heterocycles. The van der Waals surface area contributed by atoms with Crippen molar-refractivity contribution in [3.63, 3.8) is 0 Å². The van der Waals surface area contributed by atoms with Crippen LogP contribution in [0.4, 0.5) is 4.79 Å². The van der Waals surface area contributed by atoms with Crippen LogP contribution >= 0.6 is 0 Å². The summed E-state index contributed by atoms with van der Waals surface area (Å²) >= 11 is 0. The van der Waals surface area contributed by atoms with Gasteiger partial charge in [-0.25, -0.2) is 4.79 Å². The number of nitrogens with one attached hydrogen (secondary N) is 1. The summed E-state index contributed by atoms with van der Waals surface area (Å²) in [6.45, 7) is 8.00. The average Bonchev–Trinajstić information content (AvgIpc) is 3.01. The van der Waals surface area contributed by atoms with Crippen LogP contribution in [-0.2, 0) is 9.47 Å². The lowest BCUT2D eigenvalue weighted by atomic mass is 10.0. The van der Waals surface area contributed by atoms with Crippen LogP contribution in [0.15, 0.2) is 0 Å². The Hall–Kier alpha value is -0.850. The molecule has 0 aromatic rings. The standard InChI is InChI=1S/C16H29N3O3/c1-2-18-8-4-3-5-14(18)13-17-15(20)19-9-6-16(7-10-19)21-11-12-22-16/h14H,2-13H2,1H3,(H,17,20)/t14-/m1/s1. The van der Waals surface area contributed by atoms with E-state index in [9.17, 15) is 4.79 Å². The monoisotopic (exact) mass is 311 g/mol. The Morgan fingerprint density at radius 1 is 1.18 bits per heavy atom. The number of nitrogens with zero attached hydrogens (tertiary/aromatic N) is 2. The minimum Gasteiger partial charge on any atom is -0.347 e. The molecule has 6 nitrogen and oxygen atoms in total. The number of carbonyl (C=O) groups excluding carboxylic acids is 1. The van der Waals surface area contributed by atoms with E-state index in [0.717, 1.165) is 32.5 Å². The molecule has 0 aliphatic carbocycles. The highest BCUT2D eigenvalue weighted by molar-refractivity contribution is 5.74. The summed E-state index contributed by atoms with van der Waals surface area (Å²) in [7, 11) is 0. The summed E-state index contributed by atoms with van der Waals surface area (Å²) in [6.07, 6.45) is 5.32. The van der Waals surface area contributed by atoms with E-state index in [4.69, 9.17) is 9.47 Å². The van der Waals surface area contributed by atoms with Gasteiger partial charge in [0, 0.05) is 38.5 Å². The number of hydrogen-bond acceptors (Lipinski definition) is 4. The number of piperidine rings is 2. The molecule has 22 heavy (non-hydrogen) atoms. The van der Waals surface area contributed by atoms with Gasteiger partial charge in [-0.05, 0) is 25.9 Å². The molecule has 1 N–H and O–H groups in total. The summed E-state index contributed by atoms with van der Waals surface area (Å²) in [4.78, 5) is 16.7. The van der Waals surface area contributed by atoms with Gasteiger partial charge >= 0.3 is 6.03 Å². The van der Waals surface area contributed by atoms with Crippen molar-refractivity contribution in [2.75, 3.05) is 45.9 Å². The first kappa shape index (κ1) is 16.0. The Balaban J connectivity index is 1.42. The van der Waals surface area contributed by atoms with Gasteiger partial charge in [0.1, 0.15) is 0 Å². The van der Waals surface area contributed by atoms with E-state index >= 15 is 0 Å². The fraction of sp³-hybridized carbons (Fsp3) is 0.938. The summed E-state index contributed by atoms with van der Waals surface area (Å²) in [5.74, 6) is -0.404. The molecule has 0 unspecified atom stereocenters. The summed E-state index contributed by atoms with van der Waals surface area (Å²) in [5, 5.41) is 3.13. The van der Waals surface area contributed by atoms with Crippen LogP contribution in [0.2, 0.25) is 0 Å². The second kappa shape index (κ2) is 7.15. The van der Waals surface area contributed by atoms with Crippen LogP contribution in [0.1, 0.15) is 39.0 Å². The van der Waals surface area contributed by atoms with Crippen LogP contribution in [0.5, 0.6) is 0 Å². The highest BCUT2D eigenvalue weighted by atomic mass is 16.7. The van der Waals surface area contributed by atoms with E-state index in [-0.39, 0.29) is 6.03 Å².